The molecule has 1 aromatic carbocycles. The van der Waals surface area contributed by atoms with Crippen molar-refractivity contribution in [2.24, 2.45) is 0 Å². The second kappa shape index (κ2) is 7.34. The summed E-state index contributed by atoms with van der Waals surface area (Å²) >= 11 is 1.98. The van der Waals surface area contributed by atoms with Crippen LogP contribution in [0.1, 0.15) is 39.8 Å². The number of nitrogens with one attached hydrogen (secondary N) is 1. The number of piperidine rings is 1. The van der Waals surface area contributed by atoms with E-state index >= 15 is 0 Å². The molecule has 142 valence electrons. The van der Waals surface area contributed by atoms with Gasteiger partial charge in [0.15, 0.2) is 5.58 Å². The molecular weight excluding hydrogens is 361 g/mol. The molecule has 0 aliphatic carbocycles. The first kappa shape index (κ1) is 17.3. The van der Waals surface area contributed by atoms with E-state index in [1.165, 1.54) is 28.3 Å². The SMILES string of the molecule is Fc1ccc2c(C3CCN(CCc4cc5c(s4)CNCC5)CC3)noc2c1. The maximum absolute atomic E-state index is 13.3. The third-order valence-corrected chi connectivity index (χ3v) is 7.15. The van der Waals surface area contributed by atoms with Gasteiger partial charge in [-0.1, -0.05) is 5.16 Å². The minimum Gasteiger partial charge on any atom is -0.356 e. The molecular formula is C21H24FN3OS. The van der Waals surface area contributed by atoms with Crippen molar-refractivity contribution in [1.29, 1.82) is 0 Å². The normalized spacial score (nSPS) is 18.9. The van der Waals surface area contributed by atoms with Gasteiger partial charge in [-0.25, -0.2) is 4.39 Å². The monoisotopic (exact) mass is 385 g/mol. The van der Waals surface area contributed by atoms with Crippen LogP contribution in [-0.4, -0.2) is 36.2 Å². The van der Waals surface area contributed by atoms with Crippen molar-refractivity contribution < 1.29 is 8.91 Å². The van der Waals surface area contributed by atoms with Gasteiger partial charge >= 0.3 is 0 Å². The highest BCUT2D eigenvalue weighted by molar-refractivity contribution is 7.12. The summed E-state index contributed by atoms with van der Waals surface area (Å²) in [6, 6.07) is 7.15. The summed E-state index contributed by atoms with van der Waals surface area (Å²) in [5.41, 5.74) is 3.12. The zero-order valence-electron chi connectivity index (χ0n) is 15.3. The largest absolute Gasteiger partial charge is 0.356 e. The molecule has 27 heavy (non-hydrogen) atoms. The molecule has 1 saturated heterocycles. The molecule has 0 saturated carbocycles. The number of fused-ring (bicyclic) bond motifs is 2. The summed E-state index contributed by atoms with van der Waals surface area (Å²) in [7, 11) is 0. The maximum Gasteiger partial charge on any atom is 0.170 e. The van der Waals surface area contributed by atoms with Gasteiger partial charge in [0.1, 0.15) is 5.82 Å². The Bertz CT molecular complexity index is 919. The van der Waals surface area contributed by atoms with E-state index in [0.29, 0.717) is 11.5 Å². The van der Waals surface area contributed by atoms with Crippen molar-refractivity contribution in [2.45, 2.75) is 38.1 Å². The van der Waals surface area contributed by atoms with E-state index in [0.717, 1.165) is 63.1 Å². The second-order valence-electron chi connectivity index (χ2n) is 7.66. The van der Waals surface area contributed by atoms with Crippen molar-refractivity contribution >= 4 is 22.3 Å². The fraction of sp³-hybridized carbons (Fsp3) is 0.476. The molecule has 0 amide bonds. The van der Waals surface area contributed by atoms with Crippen LogP contribution in [-0.2, 0) is 19.4 Å². The Morgan fingerprint density at radius 2 is 2.15 bits per heavy atom. The van der Waals surface area contributed by atoms with Gasteiger partial charge in [0.2, 0.25) is 0 Å². The molecule has 6 heteroatoms. The molecule has 2 aliphatic heterocycles. The van der Waals surface area contributed by atoms with Crippen LogP contribution in [0.5, 0.6) is 0 Å². The summed E-state index contributed by atoms with van der Waals surface area (Å²) in [5, 5.41) is 8.68. The number of thiophene rings is 1. The van der Waals surface area contributed by atoms with Gasteiger partial charge in [0, 0.05) is 40.2 Å². The van der Waals surface area contributed by atoms with E-state index in [2.05, 4.69) is 21.4 Å². The van der Waals surface area contributed by atoms with Gasteiger partial charge in [-0.2, -0.15) is 0 Å². The van der Waals surface area contributed by atoms with Crippen molar-refractivity contribution in [1.82, 2.24) is 15.4 Å². The lowest BCUT2D eigenvalue weighted by Crippen LogP contribution is -2.34. The Balaban J connectivity index is 1.18. The first-order valence-corrected chi connectivity index (χ1v) is 10.7. The minimum absolute atomic E-state index is 0.272. The lowest BCUT2D eigenvalue weighted by atomic mass is 9.91. The highest BCUT2D eigenvalue weighted by Gasteiger charge is 2.25. The van der Waals surface area contributed by atoms with E-state index < -0.39 is 0 Å². The maximum atomic E-state index is 13.3. The van der Waals surface area contributed by atoms with E-state index in [-0.39, 0.29) is 5.82 Å². The lowest BCUT2D eigenvalue weighted by molar-refractivity contribution is 0.212. The van der Waals surface area contributed by atoms with Crippen LogP contribution in [0.25, 0.3) is 11.0 Å². The van der Waals surface area contributed by atoms with Crippen LogP contribution in [0.4, 0.5) is 4.39 Å². The van der Waals surface area contributed by atoms with Crippen LogP contribution < -0.4 is 5.32 Å². The molecule has 1 N–H and O–H groups in total. The number of nitrogens with zero attached hydrogens (tertiary/aromatic N) is 2. The zero-order chi connectivity index (χ0) is 18.2. The number of aromatic nitrogens is 1. The van der Waals surface area contributed by atoms with E-state index in [1.807, 2.05) is 11.3 Å². The molecule has 2 aliphatic rings. The first-order valence-electron chi connectivity index (χ1n) is 9.84. The van der Waals surface area contributed by atoms with Crippen LogP contribution >= 0.6 is 11.3 Å². The zero-order valence-corrected chi connectivity index (χ0v) is 16.2. The summed E-state index contributed by atoms with van der Waals surface area (Å²) in [5.74, 6) is 0.138. The van der Waals surface area contributed by atoms with Crippen LogP contribution in [0.3, 0.4) is 0 Å². The van der Waals surface area contributed by atoms with Gasteiger partial charge in [-0.3, -0.25) is 0 Å². The van der Waals surface area contributed by atoms with Crippen molar-refractivity contribution in [3.05, 3.63) is 51.1 Å². The topological polar surface area (TPSA) is 41.3 Å². The fourth-order valence-electron chi connectivity index (χ4n) is 4.36. The molecule has 0 bridgehead atoms. The van der Waals surface area contributed by atoms with Crippen LogP contribution in [0.15, 0.2) is 28.8 Å². The predicted octanol–water partition coefficient (Wildman–Crippen LogP) is 4.10. The van der Waals surface area contributed by atoms with E-state index in [1.54, 1.807) is 11.6 Å². The van der Waals surface area contributed by atoms with E-state index in [4.69, 9.17) is 4.52 Å². The standard InChI is InChI=1S/C21H24FN3OS/c22-16-1-2-18-19(12-16)26-24-21(18)14-4-8-25(9-5-14)10-6-17-11-15-3-7-23-13-20(15)27-17/h1-2,11-12,14,23H,3-10,13H2. The highest BCUT2D eigenvalue weighted by atomic mass is 32.1. The molecule has 0 unspecified atom stereocenters. The molecule has 1 fully saturated rings. The number of halogens is 1. The minimum atomic E-state index is -0.272. The number of rotatable bonds is 4. The molecule has 0 radical (unpaired) electrons. The third kappa shape index (κ3) is 3.53. The Hall–Kier alpha value is -1.76. The molecule has 0 spiro atoms. The smallest absolute Gasteiger partial charge is 0.170 e. The van der Waals surface area contributed by atoms with Gasteiger partial charge in [-0.15, -0.1) is 11.3 Å². The Morgan fingerprint density at radius 3 is 3.00 bits per heavy atom. The molecule has 0 atom stereocenters. The lowest BCUT2D eigenvalue weighted by Gasteiger charge is -2.31. The number of benzene rings is 1. The van der Waals surface area contributed by atoms with Crippen molar-refractivity contribution in [3.8, 4) is 0 Å². The van der Waals surface area contributed by atoms with Gasteiger partial charge < -0.3 is 14.7 Å². The van der Waals surface area contributed by atoms with Crippen LogP contribution in [0, 0.1) is 5.82 Å². The molecule has 2 aromatic heterocycles. The third-order valence-electron chi connectivity index (χ3n) is 5.92. The quantitative estimate of drug-likeness (QED) is 0.734. The van der Waals surface area contributed by atoms with Gasteiger partial charge in [-0.05, 0) is 69.1 Å². The second-order valence-corrected chi connectivity index (χ2v) is 8.88. The van der Waals surface area contributed by atoms with Crippen LogP contribution in [0.2, 0.25) is 0 Å². The Kier molecular flexibility index (Phi) is 4.71. The fourth-order valence-corrected chi connectivity index (χ4v) is 5.54. The number of hydrogen-bond acceptors (Lipinski definition) is 5. The highest BCUT2D eigenvalue weighted by Crippen LogP contribution is 2.33. The van der Waals surface area contributed by atoms with Gasteiger partial charge in [0.25, 0.3) is 0 Å². The average Bonchev–Trinajstić information content (AvgIpc) is 3.30. The summed E-state index contributed by atoms with van der Waals surface area (Å²) in [4.78, 5) is 5.62. The van der Waals surface area contributed by atoms with E-state index in [9.17, 15) is 4.39 Å². The number of likely N-dealkylation sites (tertiary alicyclic amines) is 1. The first-order chi connectivity index (χ1) is 13.3. The summed E-state index contributed by atoms with van der Waals surface area (Å²) < 4.78 is 18.7. The summed E-state index contributed by atoms with van der Waals surface area (Å²) in [6.07, 6.45) is 4.50. The average molecular weight is 386 g/mol. The summed E-state index contributed by atoms with van der Waals surface area (Å²) in [6.45, 7) is 5.46. The molecule has 4 heterocycles. The number of hydrogen-bond donors (Lipinski definition) is 1. The Labute approximate surface area is 162 Å². The Morgan fingerprint density at radius 1 is 1.26 bits per heavy atom. The van der Waals surface area contributed by atoms with Crippen molar-refractivity contribution in [3.63, 3.8) is 0 Å². The molecule has 5 rings (SSSR count). The predicted molar refractivity (Wildman–Crippen MR) is 106 cm³/mol. The van der Waals surface area contributed by atoms with Crippen molar-refractivity contribution in [2.75, 3.05) is 26.2 Å². The van der Waals surface area contributed by atoms with Gasteiger partial charge in [0.05, 0.1) is 5.69 Å². The molecule has 4 nitrogen and oxygen atoms in total. The molecule has 3 aromatic rings.